The molecular weight excluding hydrogens is 299 g/mol. The lowest BCUT2D eigenvalue weighted by atomic mass is 10.1. The Labute approximate surface area is 135 Å². The summed E-state index contributed by atoms with van der Waals surface area (Å²) in [5, 5.41) is 16.4. The van der Waals surface area contributed by atoms with Gasteiger partial charge >= 0.3 is 6.03 Å². The Bertz CT molecular complexity index is 613. The second-order valence-corrected chi connectivity index (χ2v) is 5.28. The van der Waals surface area contributed by atoms with Crippen molar-refractivity contribution < 1.29 is 14.0 Å². The quantitative estimate of drug-likeness (QED) is 0.746. The molecule has 0 radical (unpaired) electrons. The molecule has 1 rings (SSSR count). The number of urea groups is 1. The zero-order valence-electron chi connectivity index (χ0n) is 13.4. The molecule has 2 atom stereocenters. The summed E-state index contributed by atoms with van der Waals surface area (Å²) < 4.78 is 13.7. The SMILES string of the molecule is CC[C@H](C)NC(=O)[C@H](C)NC(=O)NCc1ccc(C#N)cc1F. The van der Waals surface area contributed by atoms with Crippen LogP contribution in [0.25, 0.3) is 0 Å². The summed E-state index contributed by atoms with van der Waals surface area (Å²) >= 11 is 0. The molecule has 3 amide bonds. The molecule has 3 N–H and O–H groups in total. The van der Waals surface area contributed by atoms with Gasteiger partial charge in [-0.2, -0.15) is 5.26 Å². The Morgan fingerprint density at radius 3 is 2.57 bits per heavy atom. The summed E-state index contributed by atoms with van der Waals surface area (Å²) in [5.74, 6) is -0.842. The van der Waals surface area contributed by atoms with Crippen LogP contribution in [0.15, 0.2) is 18.2 Å². The Morgan fingerprint density at radius 2 is 2.00 bits per heavy atom. The number of nitrogens with one attached hydrogen (secondary N) is 3. The van der Waals surface area contributed by atoms with Crippen LogP contribution in [0.1, 0.15) is 38.3 Å². The smallest absolute Gasteiger partial charge is 0.315 e. The molecule has 6 nitrogen and oxygen atoms in total. The maximum atomic E-state index is 13.7. The first kappa shape index (κ1) is 18.4. The number of carbonyl (C=O) groups is 2. The topological polar surface area (TPSA) is 94.0 Å². The van der Waals surface area contributed by atoms with Gasteiger partial charge in [0.2, 0.25) is 5.91 Å². The third kappa shape index (κ3) is 5.94. The first-order valence-corrected chi connectivity index (χ1v) is 7.40. The standard InChI is InChI=1S/C16H21FN4O2/c1-4-10(2)20-15(22)11(3)21-16(23)19-9-13-6-5-12(8-18)7-14(13)17/h5-7,10-11H,4,9H2,1-3H3,(H,20,22)(H2,19,21,23)/t10-,11-/m0/s1. The molecule has 0 heterocycles. The molecule has 1 aromatic carbocycles. The molecule has 0 aliphatic carbocycles. The molecule has 0 aromatic heterocycles. The minimum Gasteiger partial charge on any atom is -0.352 e. The average Bonchev–Trinajstić information content (AvgIpc) is 2.53. The van der Waals surface area contributed by atoms with Gasteiger partial charge in [0.15, 0.2) is 0 Å². The molecule has 7 heteroatoms. The van der Waals surface area contributed by atoms with E-state index in [9.17, 15) is 14.0 Å². The number of nitrogens with zero attached hydrogens (tertiary/aromatic N) is 1. The monoisotopic (exact) mass is 320 g/mol. The fourth-order valence-electron chi connectivity index (χ4n) is 1.72. The van der Waals surface area contributed by atoms with E-state index < -0.39 is 17.9 Å². The van der Waals surface area contributed by atoms with Crippen molar-refractivity contribution in [3.8, 4) is 6.07 Å². The molecule has 0 saturated heterocycles. The van der Waals surface area contributed by atoms with Crippen molar-refractivity contribution in [2.75, 3.05) is 0 Å². The van der Waals surface area contributed by atoms with Crippen LogP contribution in [-0.2, 0) is 11.3 Å². The number of nitriles is 1. The minimum atomic E-state index is -0.699. The Morgan fingerprint density at radius 1 is 1.30 bits per heavy atom. The first-order valence-electron chi connectivity index (χ1n) is 7.40. The highest BCUT2D eigenvalue weighted by Gasteiger charge is 2.16. The van der Waals surface area contributed by atoms with Crippen LogP contribution in [-0.4, -0.2) is 24.0 Å². The number of hydrogen-bond acceptors (Lipinski definition) is 3. The van der Waals surface area contributed by atoms with Crippen LogP contribution in [0.2, 0.25) is 0 Å². The van der Waals surface area contributed by atoms with E-state index >= 15 is 0 Å². The normalized spacial score (nSPS) is 12.7. The second-order valence-electron chi connectivity index (χ2n) is 5.28. The summed E-state index contributed by atoms with van der Waals surface area (Å²) in [7, 11) is 0. The van der Waals surface area contributed by atoms with Crippen LogP contribution in [0, 0.1) is 17.1 Å². The molecule has 1 aromatic rings. The number of amides is 3. The van der Waals surface area contributed by atoms with Crippen molar-refractivity contribution in [2.45, 2.75) is 45.8 Å². The molecule has 0 bridgehead atoms. The Kier molecular flexibility index (Phi) is 7.00. The number of halogens is 1. The molecule has 0 saturated carbocycles. The van der Waals surface area contributed by atoms with Gasteiger partial charge in [0, 0.05) is 18.2 Å². The van der Waals surface area contributed by atoms with Gasteiger partial charge < -0.3 is 16.0 Å². The summed E-state index contributed by atoms with van der Waals surface area (Å²) in [6.07, 6.45) is 0.794. The molecule has 124 valence electrons. The minimum absolute atomic E-state index is 0.0301. The highest BCUT2D eigenvalue weighted by Crippen LogP contribution is 2.09. The lowest BCUT2D eigenvalue weighted by molar-refractivity contribution is -0.123. The molecule has 0 aliphatic rings. The van der Waals surface area contributed by atoms with Crippen LogP contribution in [0.3, 0.4) is 0 Å². The van der Waals surface area contributed by atoms with Gasteiger partial charge in [-0.15, -0.1) is 0 Å². The van der Waals surface area contributed by atoms with E-state index in [1.165, 1.54) is 12.1 Å². The number of carbonyl (C=O) groups excluding carboxylic acids is 2. The van der Waals surface area contributed by atoms with Crippen molar-refractivity contribution in [1.29, 1.82) is 5.26 Å². The molecule has 0 unspecified atom stereocenters. The van der Waals surface area contributed by atoms with Crippen molar-refractivity contribution in [3.63, 3.8) is 0 Å². The van der Waals surface area contributed by atoms with E-state index in [0.717, 1.165) is 12.5 Å². The Hall–Kier alpha value is -2.62. The third-order valence-corrected chi connectivity index (χ3v) is 3.36. The van der Waals surface area contributed by atoms with Crippen LogP contribution < -0.4 is 16.0 Å². The highest BCUT2D eigenvalue weighted by molar-refractivity contribution is 5.86. The van der Waals surface area contributed by atoms with Gasteiger partial charge in [0.05, 0.1) is 11.6 Å². The first-order chi connectivity index (χ1) is 10.9. The number of rotatable bonds is 6. The summed E-state index contributed by atoms with van der Waals surface area (Å²) in [5.41, 5.74) is 0.474. The molecule has 23 heavy (non-hydrogen) atoms. The van der Waals surface area contributed by atoms with E-state index in [2.05, 4.69) is 16.0 Å². The van der Waals surface area contributed by atoms with E-state index in [1.54, 1.807) is 6.92 Å². The fourth-order valence-corrected chi connectivity index (χ4v) is 1.72. The van der Waals surface area contributed by atoms with E-state index in [1.807, 2.05) is 19.9 Å². The molecule has 0 aliphatic heterocycles. The van der Waals surface area contributed by atoms with Crippen molar-refractivity contribution in [1.82, 2.24) is 16.0 Å². The molecular formula is C16H21FN4O2. The summed E-state index contributed by atoms with van der Waals surface area (Å²) in [4.78, 5) is 23.5. The van der Waals surface area contributed by atoms with Gasteiger partial charge in [-0.3, -0.25) is 4.79 Å². The van der Waals surface area contributed by atoms with Crippen LogP contribution in [0.4, 0.5) is 9.18 Å². The van der Waals surface area contributed by atoms with Crippen molar-refractivity contribution in [3.05, 3.63) is 35.1 Å². The van der Waals surface area contributed by atoms with Gasteiger partial charge in [-0.25, -0.2) is 9.18 Å². The van der Waals surface area contributed by atoms with Gasteiger partial charge in [0.1, 0.15) is 11.9 Å². The predicted molar refractivity (Wildman–Crippen MR) is 83.8 cm³/mol. The Balaban J connectivity index is 2.48. The van der Waals surface area contributed by atoms with Gasteiger partial charge in [-0.1, -0.05) is 13.0 Å². The van der Waals surface area contributed by atoms with E-state index in [0.29, 0.717) is 0 Å². The predicted octanol–water partition coefficient (Wildman–Crippen LogP) is 1.80. The lowest BCUT2D eigenvalue weighted by Crippen LogP contribution is -2.50. The maximum Gasteiger partial charge on any atom is 0.315 e. The lowest BCUT2D eigenvalue weighted by Gasteiger charge is -2.17. The van der Waals surface area contributed by atoms with Gasteiger partial charge in [0.25, 0.3) is 0 Å². The van der Waals surface area contributed by atoms with Crippen molar-refractivity contribution >= 4 is 11.9 Å². The van der Waals surface area contributed by atoms with Crippen molar-refractivity contribution in [2.24, 2.45) is 0 Å². The second kappa shape index (κ2) is 8.73. The van der Waals surface area contributed by atoms with E-state index in [-0.39, 0.29) is 29.6 Å². The highest BCUT2D eigenvalue weighted by atomic mass is 19.1. The summed E-state index contributed by atoms with van der Waals surface area (Å²) in [6.45, 7) is 5.35. The van der Waals surface area contributed by atoms with E-state index in [4.69, 9.17) is 5.26 Å². The zero-order chi connectivity index (χ0) is 17.4. The van der Waals surface area contributed by atoms with Crippen LogP contribution in [0.5, 0.6) is 0 Å². The van der Waals surface area contributed by atoms with Gasteiger partial charge in [-0.05, 0) is 32.4 Å². The largest absolute Gasteiger partial charge is 0.352 e. The third-order valence-electron chi connectivity index (χ3n) is 3.36. The maximum absolute atomic E-state index is 13.7. The average molecular weight is 320 g/mol. The number of benzene rings is 1. The number of hydrogen-bond donors (Lipinski definition) is 3. The zero-order valence-corrected chi connectivity index (χ0v) is 13.4. The summed E-state index contributed by atoms with van der Waals surface area (Å²) in [6, 6.07) is 4.61. The molecule has 0 spiro atoms. The fraction of sp³-hybridized carbons (Fsp3) is 0.438. The van der Waals surface area contributed by atoms with Crippen LogP contribution >= 0.6 is 0 Å². The molecule has 0 fully saturated rings.